The van der Waals surface area contributed by atoms with E-state index in [9.17, 15) is 14.0 Å². The first kappa shape index (κ1) is 14.5. The number of nitrogens with zero attached hydrogens (tertiary/aromatic N) is 1. The van der Waals surface area contributed by atoms with Crippen LogP contribution in [0.5, 0.6) is 0 Å². The van der Waals surface area contributed by atoms with Crippen LogP contribution in [0.15, 0.2) is 18.2 Å². The summed E-state index contributed by atoms with van der Waals surface area (Å²) in [6, 6.07) is 3.97. The van der Waals surface area contributed by atoms with Gasteiger partial charge in [-0.25, -0.2) is 4.39 Å². The van der Waals surface area contributed by atoms with Crippen molar-refractivity contribution in [1.82, 2.24) is 4.90 Å². The molecule has 1 aliphatic carbocycles. The zero-order valence-electron chi connectivity index (χ0n) is 11.1. The maximum absolute atomic E-state index is 13.5. The molecule has 0 aliphatic heterocycles. The van der Waals surface area contributed by atoms with Crippen molar-refractivity contribution in [3.05, 3.63) is 35.1 Å². The molecular formula is C14H16FNO4. The lowest BCUT2D eigenvalue weighted by molar-refractivity contribution is -0.137. The second kappa shape index (κ2) is 6.00. The molecule has 20 heavy (non-hydrogen) atoms. The average Bonchev–Trinajstić information content (AvgIpc) is 3.22. The highest BCUT2D eigenvalue weighted by Crippen LogP contribution is 2.28. The van der Waals surface area contributed by atoms with Crippen molar-refractivity contribution in [3.8, 4) is 0 Å². The molecule has 0 bridgehead atoms. The molecule has 5 nitrogen and oxygen atoms in total. The van der Waals surface area contributed by atoms with Gasteiger partial charge in [0.05, 0.1) is 6.61 Å². The molecule has 6 heteroatoms. The predicted molar refractivity (Wildman–Crippen MR) is 68.8 cm³/mol. The Labute approximate surface area is 116 Å². The number of carbonyl (C=O) groups is 2. The first-order valence-corrected chi connectivity index (χ1v) is 6.33. The highest BCUT2D eigenvalue weighted by molar-refractivity contribution is 5.96. The van der Waals surface area contributed by atoms with Gasteiger partial charge in [-0.3, -0.25) is 9.59 Å². The summed E-state index contributed by atoms with van der Waals surface area (Å²) in [4.78, 5) is 24.5. The van der Waals surface area contributed by atoms with Gasteiger partial charge >= 0.3 is 5.97 Å². The number of amides is 1. The van der Waals surface area contributed by atoms with Crippen LogP contribution in [-0.2, 0) is 16.1 Å². The fourth-order valence-electron chi connectivity index (χ4n) is 2.04. The molecule has 0 heterocycles. The van der Waals surface area contributed by atoms with Crippen LogP contribution in [0.4, 0.5) is 4.39 Å². The first-order chi connectivity index (χ1) is 9.52. The zero-order valence-corrected chi connectivity index (χ0v) is 11.1. The predicted octanol–water partition coefficient (Wildman–Crippen LogP) is 1.66. The molecule has 0 aromatic heterocycles. The maximum Gasteiger partial charge on any atom is 0.323 e. The van der Waals surface area contributed by atoms with Gasteiger partial charge in [-0.2, -0.15) is 0 Å². The zero-order chi connectivity index (χ0) is 14.7. The van der Waals surface area contributed by atoms with Crippen LogP contribution in [0.25, 0.3) is 0 Å². The number of carbonyl (C=O) groups excluding carboxylic acids is 1. The van der Waals surface area contributed by atoms with Gasteiger partial charge in [0.2, 0.25) is 0 Å². The van der Waals surface area contributed by atoms with E-state index in [1.165, 1.54) is 30.2 Å². The summed E-state index contributed by atoms with van der Waals surface area (Å²) in [5.41, 5.74) is 0.566. The minimum atomic E-state index is -1.05. The number of carboxylic acid groups (broad SMARTS) is 1. The highest BCUT2D eigenvalue weighted by Gasteiger charge is 2.34. The molecule has 2 rings (SSSR count). The molecule has 108 valence electrons. The fourth-order valence-corrected chi connectivity index (χ4v) is 2.04. The molecular weight excluding hydrogens is 265 g/mol. The van der Waals surface area contributed by atoms with Crippen LogP contribution < -0.4 is 0 Å². The number of carboxylic acids is 1. The van der Waals surface area contributed by atoms with Gasteiger partial charge in [0, 0.05) is 24.3 Å². The number of aliphatic carboxylic acids is 1. The molecule has 0 atom stereocenters. The number of ether oxygens (including phenoxy) is 1. The molecule has 1 fully saturated rings. The third-order valence-electron chi connectivity index (χ3n) is 3.15. The van der Waals surface area contributed by atoms with Crippen LogP contribution >= 0.6 is 0 Å². The van der Waals surface area contributed by atoms with Crippen LogP contribution in [0.3, 0.4) is 0 Å². The molecule has 0 spiro atoms. The van der Waals surface area contributed by atoms with E-state index in [4.69, 9.17) is 9.84 Å². The van der Waals surface area contributed by atoms with Crippen molar-refractivity contribution in [2.45, 2.75) is 25.5 Å². The fraction of sp³-hybridized carbons (Fsp3) is 0.429. The summed E-state index contributed by atoms with van der Waals surface area (Å²) in [6.07, 6.45) is 1.62. The Bertz CT molecular complexity index is 528. The lowest BCUT2D eigenvalue weighted by Crippen LogP contribution is -2.37. The first-order valence-electron chi connectivity index (χ1n) is 6.33. The second-order valence-electron chi connectivity index (χ2n) is 4.80. The van der Waals surface area contributed by atoms with Gasteiger partial charge in [-0.1, -0.05) is 0 Å². The summed E-state index contributed by atoms with van der Waals surface area (Å²) in [5.74, 6) is -1.88. The lowest BCUT2D eigenvalue weighted by atomic mass is 10.1. The molecule has 0 saturated heterocycles. The van der Waals surface area contributed by atoms with Crippen molar-refractivity contribution in [3.63, 3.8) is 0 Å². The van der Waals surface area contributed by atoms with Crippen molar-refractivity contribution in [1.29, 1.82) is 0 Å². The Morgan fingerprint density at radius 1 is 1.45 bits per heavy atom. The summed E-state index contributed by atoms with van der Waals surface area (Å²) in [7, 11) is 1.44. The molecule has 1 N–H and O–H groups in total. The van der Waals surface area contributed by atoms with Crippen molar-refractivity contribution in [2.24, 2.45) is 0 Å². The van der Waals surface area contributed by atoms with Gasteiger partial charge in [-0.05, 0) is 31.0 Å². The summed E-state index contributed by atoms with van der Waals surface area (Å²) in [5, 5.41) is 8.87. The van der Waals surface area contributed by atoms with E-state index in [1.807, 2.05) is 0 Å². The molecule has 0 radical (unpaired) electrons. The van der Waals surface area contributed by atoms with Crippen molar-refractivity contribution >= 4 is 11.9 Å². The smallest absolute Gasteiger partial charge is 0.323 e. The molecule has 1 aromatic carbocycles. The monoisotopic (exact) mass is 281 g/mol. The van der Waals surface area contributed by atoms with Crippen LogP contribution in [0, 0.1) is 5.82 Å². The Kier molecular flexibility index (Phi) is 4.34. The summed E-state index contributed by atoms with van der Waals surface area (Å²) < 4.78 is 18.4. The minimum Gasteiger partial charge on any atom is -0.480 e. The van der Waals surface area contributed by atoms with Crippen molar-refractivity contribution in [2.75, 3.05) is 13.7 Å². The van der Waals surface area contributed by atoms with Crippen molar-refractivity contribution < 1.29 is 23.8 Å². The minimum absolute atomic E-state index is 0.0190. The number of hydrogen-bond donors (Lipinski definition) is 1. The number of halogens is 1. The van der Waals surface area contributed by atoms with E-state index in [-0.39, 0.29) is 36.2 Å². The lowest BCUT2D eigenvalue weighted by Gasteiger charge is -2.20. The van der Waals surface area contributed by atoms with E-state index in [1.54, 1.807) is 0 Å². The highest BCUT2D eigenvalue weighted by atomic mass is 19.1. The van der Waals surface area contributed by atoms with Gasteiger partial charge in [0.1, 0.15) is 12.4 Å². The Morgan fingerprint density at radius 2 is 2.15 bits per heavy atom. The summed E-state index contributed by atoms with van der Waals surface area (Å²) in [6.45, 7) is -0.268. The van der Waals surface area contributed by atoms with E-state index in [2.05, 4.69) is 0 Å². The molecule has 1 saturated carbocycles. The van der Waals surface area contributed by atoms with E-state index < -0.39 is 11.8 Å². The van der Waals surface area contributed by atoms with E-state index in [0.29, 0.717) is 0 Å². The molecule has 1 amide bonds. The second-order valence-corrected chi connectivity index (χ2v) is 4.80. The van der Waals surface area contributed by atoms with Gasteiger partial charge in [-0.15, -0.1) is 0 Å². The number of hydrogen-bond acceptors (Lipinski definition) is 3. The standard InChI is InChI=1S/C14H16FNO4/c1-20-8-10-6-9(2-5-12(10)15)14(19)16(7-13(17)18)11-3-4-11/h2,5-6,11H,3-4,7-8H2,1H3,(H,17,18). The number of methoxy groups -OCH3 is 1. The largest absolute Gasteiger partial charge is 0.480 e. The Balaban J connectivity index is 2.22. The van der Waals surface area contributed by atoms with Crippen LogP contribution in [-0.4, -0.2) is 41.6 Å². The Morgan fingerprint density at radius 3 is 2.70 bits per heavy atom. The third-order valence-corrected chi connectivity index (χ3v) is 3.15. The molecule has 1 aromatic rings. The maximum atomic E-state index is 13.5. The van der Waals surface area contributed by atoms with Gasteiger partial charge in [0.25, 0.3) is 5.91 Å². The van der Waals surface area contributed by atoms with E-state index >= 15 is 0 Å². The Hall–Kier alpha value is -1.95. The van der Waals surface area contributed by atoms with Gasteiger partial charge < -0.3 is 14.7 Å². The normalized spacial score (nSPS) is 14.1. The molecule has 1 aliphatic rings. The van der Waals surface area contributed by atoms with E-state index in [0.717, 1.165) is 12.8 Å². The number of rotatable bonds is 6. The third kappa shape index (κ3) is 3.33. The van der Waals surface area contributed by atoms with Crippen LogP contribution in [0.2, 0.25) is 0 Å². The van der Waals surface area contributed by atoms with Gasteiger partial charge in [0.15, 0.2) is 0 Å². The topological polar surface area (TPSA) is 66.8 Å². The average molecular weight is 281 g/mol. The molecule has 0 unspecified atom stereocenters. The number of benzene rings is 1. The summed E-state index contributed by atoms with van der Waals surface area (Å²) >= 11 is 0. The SMILES string of the molecule is COCc1cc(C(=O)N(CC(=O)O)C2CC2)ccc1F. The van der Waals surface area contributed by atoms with Crippen LogP contribution in [0.1, 0.15) is 28.8 Å². The quantitative estimate of drug-likeness (QED) is 0.861.